The third-order valence-electron chi connectivity index (χ3n) is 6.04. The van der Waals surface area contributed by atoms with Crippen LogP contribution < -0.4 is 21.1 Å². The van der Waals surface area contributed by atoms with E-state index >= 15 is 0 Å². The predicted octanol–water partition coefficient (Wildman–Crippen LogP) is 3.74. The zero-order valence-corrected chi connectivity index (χ0v) is 20.6. The van der Waals surface area contributed by atoms with Gasteiger partial charge in [0.05, 0.1) is 29.6 Å². The van der Waals surface area contributed by atoms with Gasteiger partial charge in [0.2, 0.25) is 0 Å². The lowest BCUT2D eigenvalue weighted by Gasteiger charge is -2.02. The minimum Gasteiger partial charge on any atom is -0.497 e. The van der Waals surface area contributed by atoms with Crippen molar-refractivity contribution < 1.29 is 4.74 Å². The summed E-state index contributed by atoms with van der Waals surface area (Å²) in [6.07, 6.45) is 1.54. The Kier molecular flexibility index (Phi) is 5.81. The highest BCUT2D eigenvalue weighted by molar-refractivity contribution is 6.01. The Bertz CT molecular complexity index is 1900. The van der Waals surface area contributed by atoms with Crippen molar-refractivity contribution in [3.63, 3.8) is 0 Å². The summed E-state index contributed by atoms with van der Waals surface area (Å²) >= 11 is 0. The SMILES string of the molecule is COc1ccc(N/N=c2/c(C)nn3cnc4c(c(-c5ccccc5)nn4-c4ccccc4)c3nc2=O)cc1. The van der Waals surface area contributed by atoms with E-state index in [0.717, 1.165) is 17.0 Å². The Labute approximate surface area is 216 Å². The van der Waals surface area contributed by atoms with E-state index in [0.29, 0.717) is 33.8 Å². The van der Waals surface area contributed by atoms with Crippen molar-refractivity contribution >= 4 is 22.4 Å². The Hall–Kier alpha value is -5.38. The molecule has 3 heterocycles. The van der Waals surface area contributed by atoms with Crippen molar-refractivity contribution in [2.45, 2.75) is 6.92 Å². The van der Waals surface area contributed by atoms with Crippen molar-refractivity contribution in [3.05, 3.63) is 113 Å². The average Bonchev–Trinajstić information content (AvgIpc) is 3.30. The third-order valence-corrected chi connectivity index (χ3v) is 6.04. The predicted molar refractivity (Wildman–Crippen MR) is 144 cm³/mol. The van der Waals surface area contributed by atoms with E-state index in [1.165, 1.54) is 10.8 Å². The standard InChI is InChI=1S/C28H22N8O2/c1-18-24(32-31-20-13-15-22(38-2)16-14-20)28(37)30-27-23-25(19-9-5-3-6-10-19)34-36(21-11-7-4-8-12-21)26(23)29-17-35(27)33-18/h3-17,31H,1-2H3/b32-24-. The lowest BCUT2D eigenvalue weighted by atomic mass is 10.1. The summed E-state index contributed by atoms with van der Waals surface area (Å²) in [5.41, 5.74) is 6.69. The summed E-state index contributed by atoms with van der Waals surface area (Å²) in [6.45, 7) is 1.71. The molecule has 0 aliphatic carbocycles. The molecule has 0 spiro atoms. The maximum Gasteiger partial charge on any atom is 0.301 e. The van der Waals surface area contributed by atoms with Crippen LogP contribution in [0.2, 0.25) is 0 Å². The largest absolute Gasteiger partial charge is 0.497 e. The Morgan fingerprint density at radius 3 is 2.29 bits per heavy atom. The first-order chi connectivity index (χ1) is 18.6. The van der Waals surface area contributed by atoms with Crippen LogP contribution in [0.1, 0.15) is 5.69 Å². The zero-order chi connectivity index (χ0) is 26.1. The summed E-state index contributed by atoms with van der Waals surface area (Å²) in [5, 5.41) is 14.5. The second kappa shape index (κ2) is 9.58. The highest BCUT2D eigenvalue weighted by atomic mass is 16.5. The van der Waals surface area contributed by atoms with Crippen LogP contribution in [-0.4, -0.2) is 36.5 Å². The molecule has 0 atom stereocenters. The summed E-state index contributed by atoms with van der Waals surface area (Å²) < 4.78 is 8.43. The molecule has 6 rings (SSSR count). The highest BCUT2D eigenvalue weighted by Gasteiger charge is 2.19. The van der Waals surface area contributed by atoms with Gasteiger partial charge in [0.15, 0.2) is 16.7 Å². The molecule has 0 unspecified atom stereocenters. The lowest BCUT2D eigenvalue weighted by molar-refractivity contribution is 0.415. The summed E-state index contributed by atoms with van der Waals surface area (Å²) in [4.78, 5) is 22.5. The molecule has 10 heteroatoms. The van der Waals surface area contributed by atoms with Crippen LogP contribution in [0.5, 0.6) is 5.75 Å². The molecule has 0 amide bonds. The fraction of sp³-hybridized carbons (Fsp3) is 0.0714. The van der Waals surface area contributed by atoms with Crippen molar-refractivity contribution in [1.29, 1.82) is 0 Å². The lowest BCUT2D eigenvalue weighted by Crippen LogP contribution is -2.29. The Morgan fingerprint density at radius 1 is 0.868 bits per heavy atom. The zero-order valence-electron chi connectivity index (χ0n) is 20.6. The van der Waals surface area contributed by atoms with E-state index in [2.05, 4.69) is 25.6 Å². The number of nitrogens with one attached hydrogen (secondary N) is 1. The van der Waals surface area contributed by atoms with Gasteiger partial charge in [0.25, 0.3) is 0 Å². The van der Waals surface area contributed by atoms with E-state index in [9.17, 15) is 4.79 Å². The van der Waals surface area contributed by atoms with E-state index < -0.39 is 5.56 Å². The van der Waals surface area contributed by atoms with E-state index in [1.807, 2.05) is 60.7 Å². The van der Waals surface area contributed by atoms with Gasteiger partial charge >= 0.3 is 5.56 Å². The van der Waals surface area contributed by atoms with Gasteiger partial charge in [-0.2, -0.15) is 20.3 Å². The molecule has 38 heavy (non-hydrogen) atoms. The van der Waals surface area contributed by atoms with Gasteiger partial charge in [-0.05, 0) is 43.3 Å². The summed E-state index contributed by atoms with van der Waals surface area (Å²) in [7, 11) is 1.60. The number of para-hydroxylation sites is 1. The molecule has 0 fully saturated rings. The number of hydrogen-bond acceptors (Lipinski definition) is 8. The van der Waals surface area contributed by atoms with Crippen LogP contribution in [0.15, 0.2) is 101 Å². The van der Waals surface area contributed by atoms with Crippen LogP contribution in [0, 0.1) is 6.92 Å². The van der Waals surface area contributed by atoms with Crippen molar-refractivity contribution in [1.82, 2.24) is 29.4 Å². The van der Waals surface area contributed by atoms with Crippen LogP contribution >= 0.6 is 0 Å². The van der Waals surface area contributed by atoms with Gasteiger partial charge in [0.1, 0.15) is 17.8 Å². The molecular weight excluding hydrogens is 480 g/mol. The quantitative estimate of drug-likeness (QED) is 0.358. The van der Waals surface area contributed by atoms with Crippen molar-refractivity contribution in [2.24, 2.45) is 5.10 Å². The second-order valence-electron chi connectivity index (χ2n) is 8.48. The Balaban J connectivity index is 1.60. The van der Waals surface area contributed by atoms with Gasteiger partial charge in [-0.1, -0.05) is 48.5 Å². The van der Waals surface area contributed by atoms with Gasteiger partial charge in [-0.15, -0.1) is 0 Å². The first-order valence-corrected chi connectivity index (χ1v) is 11.9. The minimum absolute atomic E-state index is 0.0920. The number of hydrogen-bond donors (Lipinski definition) is 1. The molecular formula is C28H22N8O2. The number of nitrogens with zero attached hydrogens (tertiary/aromatic N) is 7. The number of rotatable bonds is 5. The maximum atomic E-state index is 13.4. The molecule has 10 nitrogen and oxygen atoms in total. The fourth-order valence-corrected chi connectivity index (χ4v) is 4.17. The molecule has 0 radical (unpaired) electrons. The average molecular weight is 503 g/mol. The third kappa shape index (κ3) is 4.13. The van der Waals surface area contributed by atoms with E-state index in [-0.39, 0.29) is 5.36 Å². The van der Waals surface area contributed by atoms with Crippen LogP contribution in [0.25, 0.3) is 33.6 Å². The number of methoxy groups -OCH3 is 1. The van der Waals surface area contributed by atoms with Gasteiger partial charge < -0.3 is 4.74 Å². The monoisotopic (exact) mass is 502 g/mol. The molecule has 0 aliphatic heterocycles. The normalized spacial score (nSPS) is 11.7. The number of ether oxygens (including phenoxy) is 1. The first-order valence-electron chi connectivity index (χ1n) is 11.9. The smallest absolute Gasteiger partial charge is 0.301 e. The first kappa shape index (κ1) is 23.0. The Morgan fingerprint density at radius 2 is 1.58 bits per heavy atom. The van der Waals surface area contributed by atoms with Crippen LogP contribution in [-0.2, 0) is 0 Å². The van der Waals surface area contributed by atoms with Gasteiger partial charge in [0, 0.05) is 5.56 Å². The number of aryl methyl sites for hydroxylation is 1. The molecule has 186 valence electrons. The number of benzene rings is 3. The number of anilines is 1. The summed E-state index contributed by atoms with van der Waals surface area (Å²) in [5.74, 6) is 0.718. The van der Waals surface area contributed by atoms with Crippen molar-refractivity contribution in [2.75, 3.05) is 12.5 Å². The second-order valence-corrected chi connectivity index (χ2v) is 8.48. The number of aromatic nitrogens is 6. The molecule has 0 saturated carbocycles. The summed E-state index contributed by atoms with van der Waals surface area (Å²) in [6, 6.07) is 26.6. The number of fused-ring (bicyclic) bond motifs is 3. The molecule has 0 bridgehead atoms. The topological polar surface area (TPSA) is 112 Å². The molecule has 0 aliphatic rings. The van der Waals surface area contributed by atoms with Crippen LogP contribution in [0.4, 0.5) is 5.69 Å². The molecule has 0 saturated heterocycles. The van der Waals surface area contributed by atoms with Gasteiger partial charge in [-0.25, -0.2) is 14.2 Å². The molecule has 3 aromatic carbocycles. The van der Waals surface area contributed by atoms with Crippen molar-refractivity contribution in [3.8, 4) is 22.7 Å². The van der Waals surface area contributed by atoms with E-state index in [4.69, 9.17) is 9.84 Å². The molecule has 6 aromatic rings. The molecule has 3 aromatic heterocycles. The highest BCUT2D eigenvalue weighted by Crippen LogP contribution is 2.30. The maximum absolute atomic E-state index is 13.4. The van der Waals surface area contributed by atoms with Gasteiger partial charge in [-0.3, -0.25) is 10.2 Å². The fourth-order valence-electron chi connectivity index (χ4n) is 4.17. The van der Waals surface area contributed by atoms with E-state index in [1.54, 1.807) is 43.0 Å². The minimum atomic E-state index is -0.530. The van der Waals surface area contributed by atoms with Crippen LogP contribution in [0.3, 0.4) is 0 Å². The molecule has 1 N–H and O–H groups in total.